The Balaban J connectivity index is 0.00000576. The van der Waals surface area contributed by atoms with Gasteiger partial charge in [0, 0.05) is 5.56 Å². The van der Waals surface area contributed by atoms with Crippen LogP contribution >= 0.6 is 0 Å². The van der Waals surface area contributed by atoms with Crippen LogP contribution in [0.15, 0.2) is 30.3 Å². The molecule has 0 aliphatic carbocycles. The average molecular weight is 370 g/mol. The molecule has 144 valence electrons. The van der Waals surface area contributed by atoms with Crippen molar-refractivity contribution in [2.75, 3.05) is 27.2 Å². The fourth-order valence-corrected chi connectivity index (χ4v) is 2.87. The van der Waals surface area contributed by atoms with Crippen molar-refractivity contribution in [2.24, 2.45) is 0 Å². The van der Waals surface area contributed by atoms with Crippen molar-refractivity contribution in [3.63, 3.8) is 0 Å². The first-order chi connectivity index (χ1) is 11.5. The summed E-state index contributed by atoms with van der Waals surface area (Å²) in [6, 6.07) is 10.4. The third kappa shape index (κ3) is 12.9. The zero-order valence-corrected chi connectivity index (χ0v) is 17.1. The van der Waals surface area contributed by atoms with Crippen LogP contribution in [0.5, 0.6) is 0 Å². The summed E-state index contributed by atoms with van der Waals surface area (Å²) in [5.41, 5.74) is 1.30. The van der Waals surface area contributed by atoms with Gasteiger partial charge in [0.1, 0.15) is 6.54 Å². The number of esters is 1. The molecule has 0 N–H and O–H groups in total. The van der Waals surface area contributed by atoms with E-state index in [0.29, 0.717) is 13.0 Å². The van der Waals surface area contributed by atoms with Gasteiger partial charge in [0.15, 0.2) is 0 Å². The van der Waals surface area contributed by atoms with E-state index in [1.54, 1.807) is 0 Å². The van der Waals surface area contributed by atoms with E-state index in [0.717, 1.165) is 24.0 Å². The molecular formula is C21H36ClNO2. The molecule has 0 amide bonds. The number of benzene rings is 1. The summed E-state index contributed by atoms with van der Waals surface area (Å²) in [5, 5.41) is 0. The highest BCUT2D eigenvalue weighted by Crippen LogP contribution is 2.11. The Morgan fingerprint density at radius 3 is 2.20 bits per heavy atom. The normalized spacial score (nSPS) is 11.0. The van der Waals surface area contributed by atoms with Crippen molar-refractivity contribution in [1.82, 2.24) is 0 Å². The summed E-state index contributed by atoms with van der Waals surface area (Å²) in [6.07, 6.45) is 9.21. The number of hydrogen-bond donors (Lipinski definition) is 0. The summed E-state index contributed by atoms with van der Waals surface area (Å²) in [5.74, 6) is -0.0553. The minimum Gasteiger partial charge on any atom is -1.00 e. The average Bonchev–Trinajstić information content (AvgIpc) is 2.56. The van der Waals surface area contributed by atoms with Crippen molar-refractivity contribution < 1.29 is 26.4 Å². The topological polar surface area (TPSA) is 26.3 Å². The van der Waals surface area contributed by atoms with Crippen LogP contribution < -0.4 is 12.4 Å². The van der Waals surface area contributed by atoms with Crippen molar-refractivity contribution in [2.45, 2.75) is 64.8 Å². The molecule has 0 aliphatic rings. The fourth-order valence-electron chi connectivity index (χ4n) is 2.87. The van der Waals surface area contributed by atoms with E-state index in [1.165, 1.54) is 44.1 Å². The highest BCUT2D eigenvalue weighted by Gasteiger charge is 2.18. The van der Waals surface area contributed by atoms with Gasteiger partial charge in [-0.15, -0.1) is 0 Å². The lowest BCUT2D eigenvalue weighted by atomic mass is 10.1. The lowest BCUT2D eigenvalue weighted by Crippen LogP contribution is -3.00. The van der Waals surface area contributed by atoms with E-state index in [4.69, 9.17) is 4.74 Å². The predicted molar refractivity (Wildman–Crippen MR) is 101 cm³/mol. The van der Waals surface area contributed by atoms with Crippen molar-refractivity contribution in [1.29, 1.82) is 0 Å². The minimum absolute atomic E-state index is 0. The van der Waals surface area contributed by atoms with E-state index in [2.05, 4.69) is 45.3 Å². The number of hydrogen-bond acceptors (Lipinski definition) is 2. The molecule has 1 rings (SSSR count). The number of ether oxygens (including phenoxy) is 1. The number of carbonyl (C=O) groups is 1. The maximum Gasteiger partial charge on any atom is 0.311 e. The molecule has 0 bridgehead atoms. The van der Waals surface area contributed by atoms with Gasteiger partial charge in [-0.05, 0) is 6.42 Å². The van der Waals surface area contributed by atoms with Gasteiger partial charge in [-0.25, -0.2) is 0 Å². The Bertz CT molecular complexity index is 448. The minimum atomic E-state index is -0.0553. The third-order valence-electron chi connectivity index (χ3n) is 4.39. The van der Waals surface area contributed by atoms with Gasteiger partial charge in [-0.3, -0.25) is 4.79 Å². The van der Waals surface area contributed by atoms with Gasteiger partial charge in [0.25, 0.3) is 0 Å². The zero-order valence-electron chi connectivity index (χ0n) is 16.3. The second kappa shape index (κ2) is 14.1. The predicted octanol–water partition coefficient (Wildman–Crippen LogP) is 1.95. The molecular weight excluding hydrogens is 334 g/mol. The van der Waals surface area contributed by atoms with Gasteiger partial charge >= 0.3 is 5.97 Å². The van der Waals surface area contributed by atoms with Crippen LogP contribution in [0.2, 0.25) is 0 Å². The third-order valence-corrected chi connectivity index (χ3v) is 4.39. The van der Waals surface area contributed by atoms with Crippen LogP contribution in [0.1, 0.15) is 63.9 Å². The van der Waals surface area contributed by atoms with E-state index in [1.807, 2.05) is 6.07 Å². The number of unbranched alkanes of at least 4 members (excludes halogenated alkanes) is 6. The number of quaternary nitrogens is 1. The molecule has 3 nitrogen and oxygen atoms in total. The molecule has 0 fully saturated rings. The van der Waals surface area contributed by atoms with Crippen molar-refractivity contribution in [3.8, 4) is 0 Å². The van der Waals surface area contributed by atoms with Crippen LogP contribution in [-0.2, 0) is 16.1 Å². The standard InChI is InChI=1S/C21H36NO2.ClH/c1-4-5-6-7-8-9-13-18-24-21(23)16-17-22(2,3)19-20-14-11-10-12-15-20;/h10-12,14-15H,4-9,13,16-19H2,1-3H3;1H/q+1;/p-1. The van der Waals surface area contributed by atoms with Crippen molar-refractivity contribution in [3.05, 3.63) is 35.9 Å². The number of rotatable bonds is 13. The maximum atomic E-state index is 11.9. The first-order valence-corrected chi connectivity index (χ1v) is 9.55. The van der Waals surface area contributed by atoms with Gasteiger partial charge in [-0.1, -0.05) is 75.8 Å². The Morgan fingerprint density at radius 2 is 1.56 bits per heavy atom. The molecule has 0 atom stereocenters. The zero-order chi connectivity index (χ0) is 17.7. The highest BCUT2D eigenvalue weighted by molar-refractivity contribution is 5.69. The lowest BCUT2D eigenvalue weighted by molar-refractivity contribution is -0.903. The first-order valence-electron chi connectivity index (χ1n) is 9.55. The SMILES string of the molecule is CCCCCCCCCOC(=O)CC[N+](C)(C)Cc1ccccc1.[Cl-]. The monoisotopic (exact) mass is 369 g/mol. The quantitative estimate of drug-likeness (QED) is 0.302. The van der Waals surface area contributed by atoms with Crippen LogP contribution in [-0.4, -0.2) is 37.7 Å². The molecule has 1 aromatic rings. The summed E-state index contributed by atoms with van der Waals surface area (Å²) in [6.45, 7) is 4.56. The van der Waals surface area contributed by atoms with Crippen LogP contribution in [0.25, 0.3) is 0 Å². The smallest absolute Gasteiger partial charge is 0.311 e. The van der Waals surface area contributed by atoms with E-state index >= 15 is 0 Å². The summed E-state index contributed by atoms with van der Waals surface area (Å²) in [7, 11) is 4.33. The molecule has 0 radical (unpaired) electrons. The van der Waals surface area contributed by atoms with Crippen LogP contribution in [0.3, 0.4) is 0 Å². The van der Waals surface area contributed by atoms with E-state index < -0.39 is 0 Å². The van der Waals surface area contributed by atoms with Crippen LogP contribution in [0, 0.1) is 0 Å². The molecule has 0 unspecified atom stereocenters. The Hall–Kier alpha value is -1.06. The fraction of sp³-hybridized carbons (Fsp3) is 0.667. The van der Waals surface area contributed by atoms with Crippen LogP contribution in [0.4, 0.5) is 0 Å². The Morgan fingerprint density at radius 1 is 0.960 bits per heavy atom. The van der Waals surface area contributed by atoms with E-state index in [-0.39, 0.29) is 18.4 Å². The summed E-state index contributed by atoms with van der Waals surface area (Å²) < 4.78 is 6.17. The van der Waals surface area contributed by atoms with E-state index in [9.17, 15) is 4.79 Å². The number of nitrogens with zero attached hydrogens (tertiary/aromatic N) is 1. The molecule has 0 spiro atoms. The molecule has 0 saturated heterocycles. The second-order valence-electron chi connectivity index (χ2n) is 7.39. The lowest BCUT2D eigenvalue weighted by Gasteiger charge is -2.29. The second-order valence-corrected chi connectivity index (χ2v) is 7.39. The molecule has 25 heavy (non-hydrogen) atoms. The molecule has 1 aromatic carbocycles. The number of carbonyl (C=O) groups excluding carboxylic acids is 1. The molecule has 4 heteroatoms. The molecule has 0 heterocycles. The highest BCUT2D eigenvalue weighted by atomic mass is 35.5. The Labute approximate surface area is 160 Å². The van der Waals surface area contributed by atoms with Gasteiger partial charge in [0.05, 0.1) is 33.7 Å². The number of halogens is 1. The van der Waals surface area contributed by atoms with Gasteiger partial charge < -0.3 is 21.6 Å². The summed E-state index contributed by atoms with van der Waals surface area (Å²) in [4.78, 5) is 11.9. The summed E-state index contributed by atoms with van der Waals surface area (Å²) >= 11 is 0. The molecule has 0 aromatic heterocycles. The maximum absolute atomic E-state index is 11.9. The van der Waals surface area contributed by atoms with Gasteiger partial charge in [0.2, 0.25) is 0 Å². The first kappa shape index (κ1) is 23.9. The molecule has 0 aliphatic heterocycles. The largest absolute Gasteiger partial charge is 1.00 e. The molecule has 0 saturated carbocycles. The Kier molecular flexibility index (Phi) is 13.5. The van der Waals surface area contributed by atoms with Crippen molar-refractivity contribution >= 4 is 5.97 Å². The van der Waals surface area contributed by atoms with Gasteiger partial charge in [-0.2, -0.15) is 0 Å².